The number of hydrogen-bond acceptors (Lipinski definition) is 3. The highest BCUT2D eigenvalue weighted by Crippen LogP contribution is 2.29. The standard InChI is InChI=1S/C13H19NO2/c1-10-2-3-12(8-13(10)16)14-6-4-11(9-14)5-7-15/h2-3,8,11,15-16H,4-7,9H2,1H3. The molecule has 0 aromatic heterocycles. The van der Waals surface area contributed by atoms with Gasteiger partial charge in [0.05, 0.1) is 0 Å². The number of aromatic hydroxyl groups is 1. The number of nitrogens with zero attached hydrogens (tertiary/aromatic N) is 1. The zero-order valence-electron chi connectivity index (χ0n) is 9.69. The molecule has 1 unspecified atom stereocenters. The van der Waals surface area contributed by atoms with Crippen molar-refractivity contribution in [3.8, 4) is 5.75 Å². The quantitative estimate of drug-likeness (QED) is 0.819. The first kappa shape index (κ1) is 11.3. The van der Waals surface area contributed by atoms with Crippen LogP contribution in [0.2, 0.25) is 0 Å². The van der Waals surface area contributed by atoms with Gasteiger partial charge in [0.15, 0.2) is 0 Å². The Morgan fingerprint density at radius 1 is 1.44 bits per heavy atom. The van der Waals surface area contributed by atoms with E-state index in [1.807, 2.05) is 19.1 Å². The van der Waals surface area contributed by atoms with Crippen molar-refractivity contribution in [1.29, 1.82) is 0 Å². The van der Waals surface area contributed by atoms with Crippen LogP contribution in [0.5, 0.6) is 5.75 Å². The van der Waals surface area contributed by atoms with Crippen molar-refractivity contribution in [2.75, 3.05) is 24.6 Å². The number of aryl methyl sites for hydroxylation is 1. The molecule has 2 N–H and O–H groups in total. The van der Waals surface area contributed by atoms with E-state index in [4.69, 9.17) is 5.11 Å². The molecule has 88 valence electrons. The van der Waals surface area contributed by atoms with Crippen LogP contribution in [0.15, 0.2) is 18.2 Å². The van der Waals surface area contributed by atoms with E-state index in [0.29, 0.717) is 11.7 Å². The molecule has 0 bridgehead atoms. The van der Waals surface area contributed by atoms with Crippen LogP contribution in [0.1, 0.15) is 18.4 Å². The predicted octanol–water partition coefficient (Wildman–Crippen LogP) is 1.91. The number of benzene rings is 1. The number of aliphatic hydroxyl groups is 1. The zero-order chi connectivity index (χ0) is 11.5. The summed E-state index contributed by atoms with van der Waals surface area (Å²) in [4.78, 5) is 2.28. The first-order chi connectivity index (χ1) is 7.70. The maximum atomic E-state index is 9.66. The summed E-state index contributed by atoms with van der Waals surface area (Å²) in [6.07, 6.45) is 2.02. The Morgan fingerprint density at radius 2 is 2.25 bits per heavy atom. The first-order valence-corrected chi connectivity index (χ1v) is 5.86. The van der Waals surface area contributed by atoms with E-state index in [2.05, 4.69) is 11.0 Å². The second-order valence-corrected chi connectivity index (χ2v) is 4.58. The molecule has 1 aliphatic rings. The average molecular weight is 221 g/mol. The van der Waals surface area contributed by atoms with Crippen LogP contribution in [0, 0.1) is 12.8 Å². The van der Waals surface area contributed by atoms with Gasteiger partial charge in [-0.1, -0.05) is 6.07 Å². The number of phenolic OH excluding ortho intramolecular Hbond substituents is 1. The van der Waals surface area contributed by atoms with E-state index in [1.54, 1.807) is 0 Å². The lowest BCUT2D eigenvalue weighted by atomic mass is 10.1. The summed E-state index contributed by atoms with van der Waals surface area (Å²) in [5.41, 5.74) is 2.00. The monoisotopic (exact) mass is 221 g/mol. The van der Waals surface area contributed by atoms with Gasteiger partial charge in [-0.3, -0.25) is 0 Å². The zero-order valence-corrected chi connectivity index (χ0v) is 9.69. The molecule has 16 heavy (non-hydrogen) atoms. The fourth-order valence-electron chi connectivity index (χ4n) is 2.28. The molecular formula is C13H19NO2. The van der Waals surface area contributed by atoms with Gasteiger partial charge in [0.25, 0.3) is 0 Å². The largest absolute Gasteiger partial charge is 0.508 e. The Hall–Kier alpha value is -1.22. The molecule has 2 rings (SSSR count). The van der Waals surface area contributed by atoms with Gasteiger partial charge in [0.1, 0.15) is 5.75 Å². The van der Waals surface area contributed by atoms with E-state index >= 15 is 0 Å². The Labute approximate surface area is 96.3 Å². The molecule has 0 aliphatic carbocycles. The highest BCUT2D eigenvalue weighted by molar-refractivity contribution is 5.53. The highest BCUT2D eigenvalue weighted by Gasteiger charge is 2.22. The maximum absolute atomic E-state index is 9.66. The van der Waals surface area contributed by atoms with E-state index in [0.717, 1.165) is 37.2 Å². The van der Waals surface area contributed by atoms with Crippen molar-refractivity contribution in [1.82, 2.24) is 0 Å². The van der Waals surface area contributed by atoms with Gasteiger partial charge in [-0.2, -0.15) is 0 Å². The molecule has 0 spiro atoms. The molecule has 3 nitrogen and oxygen atoms in total. The van der Waals surface area contributed by atoms with Crippen LogP contribution in [0.25, 0.3) is 0 Å². The maximum Gasteiger partial charge on any atom is 0.120 e. The normalized spacial score (nSPS) is 20.4. The van der Waals surface area contributed by atoms with E-state index in [1.165, 1.54) is 0 Å². The molecule has 0 saturated carbocycles. The van der Waals surface area contributed by atoms with Crippen LogP contribution < -0.4 is 4.90 Å². The summed E-state index contributed by atoms with van der Waals surface area (Å²) in [6, 6.07) is 5.83. The molecule has 1 fully saturated rings. The molecule has 1 aromatic rings. The molecular weight excluding hydrogens is 202 g/mol. The minimum Gasteiger partial charge on any atom is -0.508 e. The lowest BCUT2D eigenvalue weighted by molar-refractivity contribution is 0.263. The molecule has 1 saturated heterocycles. The van der Waals surface area contributed by atoms with Gasteiger partial charge >= 0.3 is 0 Å². The van der Waals surface area contributed by atoms with Crippen molar-refractivity contribution in [3.63, 3.8) is 0 Å². The summed E-state index contributed by atoms with van der Waals surface area (Å²) < 4.78 is 0. The Morgan fingerprint density at radius 3 is 2.94 bits per heavy atom. The van der Waals surface area contributed by atoms with Gasteiger partial charge in [-0.25, -0.2) is 0 Å². The fraction of sp³-hybridized carbons (Fsp3) is 0.538. The molecule has 1 aromatic carbocycles. The van der Waals surface area contributed by atoms with Crippen LogP contribution in [-0.4, -0.2) is 29.9 Å². The third-order valence-electron chi connectivity index (χ3n) is 3.38. The lowest BCUT2D eigenvalue weighted by Crippen LogP contribution is -2.19. The number of phenols is 1. The summed E-state index contributed by atoms with van der Waals surface area (Å²) >= 11 is 0. The fourth-order valence-corrected chi connectivity index (χ4v) is 2.28. The molecule has 1 heterocycles. The molecule has 1 aliphatic heterocycles. The summed E-state index contributed by atoms with van der Waals surface area (Å²) in [5.74, 6) is 0.955. The number of rotatable bonds is 3. The van der Waals surface area contributed by atoms with Crippen LogP contribution in [0.4, 0.5) is 5.69 Å². The third-order valence-corrected chi connectivity index (χ3v) is 3.38. The number of hydrogen-bond donors (Lipinski definition) is 2. The predicted molar refractivity (Wildman–Crippen MR) is 64.9 cm³/mol. The topological polar surface area (TPSA) is 43.7 Å². The van der Waals surface area contributed by atoms with Gasteiger partial charge in [0, 0.05) is 31.5 Å². The molecule has 1 atom stereocenters. The van der Waals surface area contributed by atoms with Crippen molar-refractivity contribution >= 4 is 5.69 Å². The Balaban J connectivity index is 2.05. The number of aliphatic hydroxyl groups excluding tert-OH is 1. The first-order valence-electron chi connectivity index (χ1n) is 5.86. The van der Waals surface area contributed by atoms with Crippen LogP contribution in [-0.2, 0) is 0 Å². The summed E-state index contributed by atoms with van der Waals surface area (Å²) in [6.45, 7) is 4.19. The lowest BCUT2D eigenvalue weighted by Gasteiger charge is -2.19. The van der Waals surface area contributed by atoms with Crippen molar-refractivity contribution in [2.45, 2.75) is 19.8 Å². The van der Waals surface area contributed by atoms with E-state index in [-0.39, 0.29) is 6.61 Å². The van der Waals surface area contributed by atoms with Crippen molar-refractivity contribution in [3.05, 3.63) is 23.8 Å². The van der Waals surface area contributed by atoms with Crippen LogP contribution >= 0.6 is 0 Å². The SMILES string of the molecule is Cc1ccc(N2CCC(CCO)C2)cc1O. The molecule has 3 heteroatoms. The van der Waals surface area contributed by atoms with Gasteiger partial charge < -0.3 is 15.1 Å². The van der Waals surface area contributed by atoms with Crippen molar-refractivity contribution < 1.29 is 10.2 Å². The Bertz CT molecular complexity index is 365. The van der Waals surface area contributed by atoms with Crippen molar-refractivity contribution in [2.24, 2.45) is 5.92 Å². The minimum absolute atomic E-state index is 0.275. The highest BCUT2D eigenvalue weighted by atomic mass is 16.3. The summed E-state index contributed by atoms with van der Waals surface area (Å²) in [5, 5.41) is 18.6. The average Bonchev–Trinajstić information content (AvgIpc) is 2.71. The van der Waals surface area contributed by atoms with E-state index < -0.39 is 0 Å². The third kappa shape index (κ3) is 2.30. The number of anilines is 1. The second kappa shape index (κ2) is 4.74. The minimum atomic E-state index is 0.275. The second-order valence-electron chi connectivity index (χ2n) is 4.58. The Kier molecular flexibility index (Phi) is 3.34. The van der Waals surface area contributed by atoms with Gasteiger partial charge in [-0.15, -0.1) is 0 Å². The summed E-state index contributed by atoms with van der Waals surface area (Å²) in [7, 11) is 0. The molecule has 0 radical (unpaired) electrons. The van der Waals surface area contributed by atoms with E-state index in [9.17, 15) is 5.11 Å². The molecule has 0 amide bonds. The van der Waals surface area contributed by atoms with Gasteiger partial charge in [0.2, 0.25) is 0 Å². The van der Waals surface area contributed by atoms with Gasteiger partial charge in [-0.05, 0) is 37.3 Å². The smallest absolute Gasteiger partial charge is 0.120 e. The van der Waals surface area contributed by atoms with Crippen LogP contribution in [0.3, 0.4) is 0 Å².